The van der Waals surface area contributed by atoms with Crippen molar-refractivity contribution in [2.75, 3.05) is 7.11 Å². The summed E-state index contributed by atoms with van der Waals surface area (Å²) in [5.74, 6) is 1.46. The summed E-state index contributed by atoms with van der Waals surface area (Å²) in [5.41, 5.74) is 0.862. The second-order valence-electron chi connectivity index (χ2n) is 3.52. The maximum absolute atomic E-state index is 6.15. The Hall–Kier alpha value is -1.26. The highest BCUT2D eigenvalue weighted by Crippen LogP contribution is 2.28. The molecule has 2 rings (SSSR count). The van der Waals surface area contributed by atoms with Gasteiger partial charge in [0.1, 0.15) is 11.6 Å². The van der Waals surface area contributed by atoms with Gasteiger partial charge in [0.05, 0.1) is 13.7 Å². The zero-order valence-corrected chi connectivity index (χ0v) is 11.0. The standard InChI is InChI=1S/C11H11Cl2N3O/c1-7-14-15-11(13)16(7)6-8-9(12)4-3-5-10(8)17-2/h3-5H,6H2,1-2H3. The van der Waals surface area contributed by atoms with Crippen molar-refractivity contribution in [2.45, 2.75) is 13.5 Å². The lowest BCUT2D eigenvalue weighted by atomic mass is 10.2. The van der Waals surface area contributed by atoms with Crippen molar-refractivity contribution in [3.05, 3.63) is 39.9 Å². The lowest BCUT2D eigenvalue weighted by molar-refractivity contribution is 0.408. The van der Waals surface area contributed by atoms with Crippen LogP contribution >= 0.6 is 23.2 Å². The molecule has 0 aliphatic heterocycles. The third-order valence-electron chi connectivity index (χ3n) is 2.50. The predicted octanol–water partition coefficient (Wildman–Crippen LogP) is 2.95. The highest BCUT2D eigenvalue weighted by Gasteiger charge is 2.12. The van der Waals surface area contributed by atoms with E-state index in [-0.39, 0.29) is 0 Å². The van der Waals surface area contributed by atoms with Crippen molar-refractivity contribution < 1.29 is 4.74 Å². The number of hydrogen-bond donors (Lipinski definition) is 0. The van der Waals surface area contributed by atoms with Crippen molar-refractivity contribution in [3.63, 3.8) is 0 Å². The second-order valence-corrected chi connectivity index (χ2v) is 4.27. The molecule has 0 atom stereocenters. The number of methoxy groups -OCH3 is 1. The Balaban J connectivity index is 2.42. The van der Waals surface area contributed by atoms with E-state index in [0.29, 0.717) is 16.9 Å². The SMILES string of the molecule is COc1cccc(Cl)c1Cn1c(C)nnc1Cl. The van der Waals surface area contributed by atoms with Gasteiger partial charge in [0.25, 0.3) is 0 Å². The van der Waals surface area contributed by atoms with Crippen molar-refractivity contribution in [1.82, 2.24) is 14.8 Å². The van der Waals surface area contributed by atoms with Crippen molar-refractivity contribution in [1.29, 1.82) is 0 Å². The quantitative estimate of drug-likeness (QED) is 0.862. The summed E-state index contributed by atoms with van der Waals surface area (Å²) in [6.07, 6.45) is 0. The maximum Gasteiger partial charge on any atom is 0.225 e. The van der Waals surface area contributed by atoms with Gasteiger partial charge >= 0.3 is 0 Å². The zero-order chi connectivity index (χ0) is 12.4. The van der Waals surface area contributed by atoms with Crippen LogP contribution in [0.1, 0.15) is 11.4 Å². The third kappa shape index (κ3) is 2.37. The second kappa shape index (κ2) is 4.94. The molecule has 0 radical (unpaired) electrons. The summed E-state index contributed by atoms with van der Waals surface area (Å²) in [4.78, 5) is 0. The van der Waals surface area contributed by atoms with Gasteiger partial charge in [-0.05, 0) is 30.7 Å². The Morgan fingerprint density at radius 3 is 2.65 bits per heavy atom. The molecule has 0 spiro atoms. The topological polar surface area (TPSA) is 39.9 Å². The van der Waals surface area contributed by atoms with Gasteiger partial charge in [-0.25, -0.2) is 0 Å². The highest BCUT2D eigenvalue weighted by molar-refractivity contribution is 6.31. The van der Waals surface area contributed by atoms with Crippen LogP contribution in [-0.4, -0.2) is 21.9 Å². The predicted molar refractivity (Wildman–Crippen MR) is 66.9 cm³/mol. The highest BCUT2D eigenvalue weighted by atomic mass is 35.5. The monoisotopic (exact) mass is 271 g/mol. The lowest BCUT2D eigenvalue weighted by Gasteiger charge is -2.11. The number of aryl methyl sites for hydroxylation is 1. The van der Waals surface area contributed by atoms with Crippen LogP contribution in [0, 0.1) is 6.92 Å². The normalized spacial score (nSPS) is 10.6. The minimum Gasteiger partial charge on any atom is -0.496 e. The fraction of sp³-hybridized carbons (Fsp3) is 0.273. The molecule has 90 valence electrons. The van der Waals surface area contributed by atoms with Gasteiger partial charge in [-0.3, -0.25) is 4.57 Å². The van der Waals surface area contributed by atoms with E-state index in [1.807, 2.05) is 25.1 Å². The van der Waals surface area contributed by atoms with Crippen LogP contribution in [0.3, 0.4) is 0 Å². The first-order valence-electron chi connectivity index (χ1n) is 5.00. The van der Waals surface area contributed by atoms with Gasteiger partial charge in [0.2, 0.25) is 5.28 Å². The molecule has 1 heterocycles. The van der Waals surface area contributed by atoms with Crippen LogP contribution in [0.5, 0.6) is 5.75 Å². The summed E-state index contributed by atoms with van der Waals surface area (Å²) >= 11 is 12.1. The van der Waals surface area contributed by atoms with E-state index in [4.69, 9.17) is 27.9 Å². The van der Waals surface area contributed by atoms with E-state index in [1.54, 1.807) is 11.7 Å². The smallest absolute Gasteiger partial charge is 0.225 e. The van der Waals surface area contributed by atoms with Gasteiger partial charge in [0.15, 0.2) is 0 Å². The van der Waals surface area contributed by atoms with Crippen LogP contribution in [0.15, 0.2) is 18.2 Å². The molecule has 0 saturated heterocycles. The van der Waals surface area contributed by atoms with Crippen LogP contribution in [0.2, 0.25) is 10.3 Å². The average molecular weight is 272 g/mol. The van der Waals surface area contributed by atoms with E-state index < -0.39 is 0 Å². The first-order chi connectivity index (χ1) is 8.13. The van der Waals surface area contributed by atoms with Crippen LogP contribution in [0.4, 0.5) is 0 Å². The molecular formula is C11H11Cl2N3O. The van der Waals surface area contributed by atoms with Crippen LogP contribution < -0.4 is 4.74 Å². The van der Waals surface area contributed by atoms with Crippen molar-refractivity contribution in [3.8, 4) is 5.75 Å². The van der Waals surface area contributed by atoms with E-state index in [9.17, 15) is 0 Å². The Bertz CT molecular complexity index is 520. The first-order valence-corrected chi connectivity index (χ1v) is 5.75. The first kappa shape index (κ1) is 12.2. The Labute approximate surface area is 109 Å². The number of halogens is 2. The molecule has 0 N–H and O–H groups in total. The molecule has 0 unspecified atom stereocenters. The summed E-state index contributed by atoms with van der Waals surface area (Å²) < 4.78 is 7.04. The molecular weight excluding hydrogens is 261 g/mol. The summed E-state index contributed by atoms with van der Waals surface area (Å²) in [5, 5.41) is 8.66. The fourth-order valence-corrected chi connectivity index (χ4v) is 2.02. The minimum atomic E-state index is 0.337. The summed E-state index contributed by atoms with van der Waals surface area (Å²) in [6, 6.07) is 5.51. The van der Waals surface area contributed by atoms with Gasteiger partial charge in [-0.2, -0.15) is 0 Å². The molecule has 0 amide bonds. The van der Waals surface area contributed by atoms with E-state index >= 15 is 0 Å². The maximum atomic E-state index is 6.15. The Morgan fingerprint density at radius 2 is 2.06 bits per heavy atom. The summed E-state index contributed by atoms with van der Waals surface area (Å²) in [6.45, 7) is 2.32. The zero-order valence-electron chi connectivity index (χ0n) is 9.44. The minimum absolute atomic E-state index is 0.337. The van der Waals surface area contributed by atoms with E-state index in [0.717, 1.165) is 17.1 Å². The molecule has 6 heteroatoms. The molecule has 17 heavy (non-hydrogen) atoms. The number of ether oxygens (including phenoxy) is 1. The van der Waals surface area contributed by atoms with Gasteiger partial charge < -0.3 is 4.74 Å². The molecule has 1 aromatic carbocycles. The Morgan fingerprint density at radius 1 is 1.29 bits per heavy atom. The van der Waals surface area contributed by atoms with Gasteiger partial charge in [-0.1, -0.05) is 17.7 Å². The van der Waals surface area contributed by atoms with Gasteiger partial charge in [-0.15, -0.1) is 10.2 Å². The van der Waals surface area contributed by atoms with Crippen LogP contribution in [0.25, 0.3) is 0 Å². The summed E-state index contributed by atoms with van der Waals surface area (Å²) in [7, 11) is 1.61. The largest absolute Gasteiger partial charge is 0.496 e. The van der Waals surface area contributed by atoms with E-state index in [2.05, 4.69) is 10.2 Å². The molecule has 0 aliphatic carbocycles. The van der Waals surface area contributed by atoms with E-state index in [1.165, 1.54) is 0 Å². The molecule has 1 aromatic heterocycles. The van der Waals surface area contributed by atoms with Crippen LogP contribution in [-0.2, 0) is 6.54 Å². The Kier molecular flexibility index (Phi) is 3.54. The number of aromatic nitrogens is 3. The molecule has 4 nitrogen and oxygen atoms in total. The molecule has 0 bridgehead atoms. The number of nitrogens with zero attached hydrogens (tertiary/aromatic N) is 3. The fourth-order valence-electron chi connectivity index (χ4n) is 1.58. The molecule has 0 aliphatic rings. The number of benzene rings is 1. The number of rotatable bonds is 3. The third-order valence-corrected chi connectivity index (χ3v) is 3.14. The lowest BCUT2D eigenvalue weighted by Crippen LogP contribution is -2.04. The van der Waals surface area contributed by atoms with Crippen molar-refractivity contribution >= 4 is 23.2 Å². The molecule has 0 saturated carbocycles. The number of hydrogen-bond acceptors (Lipinski definition) is 3. The molecule has 0 fully saturated rings. The van der Waals surface area contributed by atoms with Gasteiger partial charge in [0, 0.05) is 10.6 Å². The average Bonchev–Trinajstić information content (AvgIpc) is 2.63. The molecule has 2 aromatic rings. The van der Waals surface area contributed by atoms with Crippen molar-refractivity contribution in [2.24, 2.45) is 0 Å².